The first kappa shape index (κ1) is 7.95. The van der Waals surface area contributed by atoms with Crippen LogP contribution < -0.4 is 5.73 Å². The molecule has 1 rings (SSSR count). The van der Waals surface area contributed by atoms with E-state index in [1.807, 2.05) is 6.08 Å². The Morgan fingerprint density at radius 2 is 2.12 bits per heavy atom. The molecule has 0 saturated heterocycles. The quantitative estimate of drug-likeness (QED) is 0.462. The van der Waals surface area contributed by atoms with E-state index in [1.54, 1.807) is 6.08 Å². The molecular weight excluding hydrogens is 126 g/mol. The van der Waals surface area contributed by atoms with Crippen LogP contribution in [-0.2, 0) is 0 Å². The molecule has 3 N–H and O–H groups in total. The Morgan fingerprint density at radius 1 is 1.50 bits per heavy atom. The minimum absolute atomic E-state index is 0. The van der Waals surface area contributed by atoms with Crippen molar-refractivity contribution in [2.75, 3.05) is 0 Å². The Bertz CT molecular complexity index is 84.4. The summed E-state index contributed by atoms with van der Waals surface area (Å²) in [6.45, 7) is 0. The van der Waals surface area contributed by atoms with Gasteiger partial charge in [-0.25, -0.2) is 0 Å². The topological polar surface area (TPSA) is 46.2 Å². The first-order valence-corrected chi connectivity index (χ1v) is 2.41. The third kappa shape index (κ3) is 1.82. The lowest BCUT2D eigenvalue weighted by Crippen LogP contribution is -2.16. The van der Waals surface area contributed by atoms with Gasteiger partial charge in [-0.3, -0.25) is 0 Å². The second kappa shape index (κ2) is 3.07. The van der Waals surface area contributed by atoms with Gasteiger partial charge in [-0.2, -0.15) is 0 Å². The van der Waals surface area contributed by atoms with E-state index in [-0.39, 0.29) is 24.6 Å². The lowest BCUT2D eigenvalue weighted by molar-refractivity contribution is 0.218. The van der Waals surface area contributed by atoms with Crippen LogP contribution in [0.25, 0.3) is 0 Å². The summed E-state index contributed by atoms with van der Waals surface area (Å²) < 4.78 is 0. The first-order valence-electron chi connectivity index (χ1n) is 2.41. The largest absolute Gasteiger partial charge is 0.389 e. The summed E-state index contributed by atoms with van der Waals surface area (Å²) in [4.78, 5) is 0. The molecule has 0 aromatic rings. The molecule has 0 fully saturated rings. The Kier molecular flexibility index (Phi) is 3.05. The molecule has 0 aromatic carbocycles. The maximum absolute atomic E-state index is 8.73. The molecule has 1 aliphatic rings. The number of halogens is 1. The van der Waals surface area contributed by atoms with Crippen molar-refractivity contribution in [2.24, 2.45) is 5.73 Å². The third-order valence-corrected chi connectivity index (χ3v) is 1.09. The molecule has 0 aromatic heterocycles. The van der Waals surface area contributed by atoms with E-state index in [2.05, 4.69) is 0 Å². The SMILES string of the molecule is Cl.NC1C=CC(O)C1. The summed E-state index contributed by atoms with van der Waals surface area (Å²) in [5.41, 5.74) is 5.38. The van der Waals surface area contributed by atoms with E-state index in [0.29, 0.717) is 6.42 Å². The van der Waals surface area contributed by atoms with Gasteiger partial charge in [0, 0.05) is 6.04 Å². The van der Waals surface area contributed by atoms with Crippen molar-refractivity contribution in [1.29, 1.82) is 0 Å². The molecule has 0 aliphatic heterocycles. The van der Waals surface area contributed by atoms with Crippen molar-refractivity contribution in [3.05, 3.63) is 12.2 Å². The molecule has 0 bridgehead atoms. The van der Waals surface area contributed by atoms with Gasteiger partial charge in [0.05, 0.1) is 6.10 Å². The Morgan fingerprint density at radius 3 is 2.25 bits per heavy atom. The summed E-state index contributed by atoms with van der Waals surface area (Å²) in [7, 11) is 0. The highest BCUT2D eigenvalue weighted by molar-refractivity contribution is 5.85. The van der Waals surface area contributed by atoms with Crippen LogP contribution in [0, 0.1) is 0 Å². The summed E-state index contributed by atoms with van der Waals surface area (Å²) in [6, 6.07) is 0.0926. The number of aliphatic hydroxyl groups is 1. The van der Waals surface area contributed by atoms with E-state index in [9.17, 15) is 0 Å². The van der Waals surface area contributed by atoms with Crippen LogP contribution in [0.15, 0.2) is 12.2 Å². The van der Waals surface area contributed by atoms with Crippen LogP contribution in [0.1, 0.15) is 6.42 Å². The van der Waals surface area contributed by atoms with E-state index in [0.717, 1.165) is 0 Å². The van der Waals surface area contributed by atoms with Crippen LogP contribution in [0.4, 0.5) is 0 Å². The number of hydrogen-bond acceptors (Lipinski definition) is 2. The molecular formula is C5H10ClNO. The minimum atomic E-state index is -0.282. The fourth-order valence-electron chi connectivity index (χ4n) is 0.707. The van der Waals surface area contributed by atoms with Gasteiger partial charge in [0.25, 0.3) is 0 Å². The zero-order valence-corrected chi connectivity index (χ0v) is 5.27. The zero-order chi connectivity index (χ0) is 5.28. The van der Waals surface area contributed by atoms with Crippen molar-refractivity contribution < 1.29 is 5.11 Å². The van der Waals surface area contributed by atoms with Gasteiger partial charge < -0.3 is 10.8 Å². The van der Waals surface area contributed by atoms with E-state index >= 15 is 0 Å². The van der Waals surface area contributed by atoms with Crippen molar-refractivity contribution >= 4 is 12.4 Å². The Balaban J connectivity index is 0.000000490. The highest BCUT2D eigenvalue weighted by Gasteiger charge is 2.10. The molecule has 0 radical (unpaired) electrons. The average Bonchev–Trinajstić information content (AvgIpc) is 1.87. The van der Waals surface area contributed by atoms with Crippen molar-refractivity contribution in [3.8, 4) is 0 Å². The maximum Gasteiger partial charge on any atom is 0.0739 e. The van der Waals surface area contributed by atoms with Gasteiger partial charge >= 0.3 is 0 Å². The van der Waals surface area contributed by atoms with Crippen molar-refractivity contribution in [3.63, 3.8) is 0 Å². The van der Waals surface area contributed by atoms with Gasteiger partial charge in [0.2, 0.25) is 0 Å². The second-order valence-electron chi connectivity index (χ2n) is 1.85. The maximum atomic E-state index is 8.73. The molecule has 0 spiro atoms. The number of rotatable bonds is 0. The normalized spacial score (nSPS) is 34.8. The summed E-state index contributed by atoms with van der Waals surface area (Å²) in [6.07, 6.45) is 3.96. The summed E-state index contributed by atoms with van der Waals surface area (Å²) in [5.74, 6) is 0. The second-order valence-corrected chi connectivity index (χ2v) is 1.85. The van der Waals surface area contributed by atoms with Gasteiger partial charge in [-0.05, 0) is 6.42 Å². The van der Waals surface area contributed by atoms with Crippen LogP contribution in [0.3, 0.4) is 0 Å². The van der Waals surface area contributed by atoms with Crippen LogP contribution >= 0.6 is 12.4 Å². The monoisotopic (exact) mass is 135 g/mol. The standard InChI is InChI=1S/C5H9NO.ClH/c6-4-1-2-5(7)3-4;/h1-2,4-5,7H,3,6H2;1H. The predicted molar refractivity (Wildman–Crippen MR) is 35.0 cm³/mol. The minimum Gasteiger partial charge on any atom is -0.389 e. The highest BCUT2D eigenvalue weighted by atomic mass is 35.5. The molecule has 2 unspecified atom stereocenters. The van der Waals surface area contributed by atoms with Crippen molar-refractivity contribution in [2.45, 2.75) is 18.6 Å². The molecule has 2 atom stereocenters. The molecule has 2 nitrogen and oxygen atoms in total. The van der Waals surface area contributed by atoms with Gasteiger partial charge in [-0.1, -0.05) is 12.2 Å². The van der Waals surface area contributed by atoms with E-state index in [4.69, 9.17) is 10.8 Å². The Labute approximate surface area is 54.8 Å². The van der Waals surface area contributed by atoms with Gasteiger partial charge in [0.1, 0.15) is 0 Å². The lowest BCUT2D eigenvalue weighted by Gasteiger charge is -1.97. The summed E-state index contributed by atoms with van der Waals surface area (Å²) in [5, 5.41) is 8.73. The van der Waals surface area contributed by atoms with Gasteiger partial charge in [-0.15, -0.1) is 12.4 Å². The lowest BCUT2D eigenvalue weighted by atomic mass is 10.2. The molecule has 0 heterocycles. The van der Waals surface area contributed by atoms with Gasteiger partial charge in [0.15, 0.2) is 0 Å². The molecule has 0 amide bonds. The molecule has 1 aliphatic carbocycles. The summed E-state index contributed by atoms with van der Waals surface area (Å²) >= 11 is 0. The number of nitrogens with two attached hydrogens (primary N) is 1. The fraction of sp³-hybridized carbons (Fsp3) is 0.600. The fourth-order valence-corrected chi connectivity index (χ4v) is 0.707. The molecule has 48 valence electrons. The predicted octanol–water partition coefficient (Wildman–Crippen LogP) is 0.0563. The first-order chi connectivity index (χ1) is 3.29. The zero-order valence-electron chi connectivity index (χ0n) is 4.45. The molecule has 0 saturated carbocycles. The smallest absolute Gasteiger partial charge is 0.0739 e. The van der Waals surface area contributed by atoms with E-state index in [1.165, 1.54) is 0 Å². The van der Waals surface area contributed by atoms with Crippen LogP contribution in [-0.4, -0.2) is 17.3 Å². The van der Waals surface area contributed by atoms with E-state index < -0.39 is 0 Å². The number of aliphatic hydroxyl groups excluding tert-OH is 1. The highest BCUT2D eigenvalue weighted by Crippen LogP contribution is 2.06. The number of hydrogen-bond donors (Lipinski definition) is 2. The molecule has 8 heavy (non-hydrogen) atoms. The molecule has 3 heteroatoms. The Hall–Kier alpha value is -0.0500. The van der Waals surface area contributed by atoms with Crippen LogP contribution in [0.2, 0.25) is 0 Å². The third-order valence-electron chi connectivity index (χ3n) is 1.09. The van der Waals surface area contributed by atoms with Crippen LogP contribution in [0.5, 0.6) is 0 Å². The average molecular weight is 136 g/mol. The van der Waals surface area contributed by atoms with Crippen molar-refractivity contribution in [1.82, 2.24) is 0 Å².